The molecule has 3 nitrogen and oxygen atoms in total. The number of hydrogen-bond donors (Lipinski definition) is 2. The molecule has 0 spiro atoms. The van der Waals surface area contributed by atoms with Crippen LogP contribution < -0.4 is 0 Å². The molecule has 3 unspecified atom stereocenters. The third kappa shape index (κ3) is 1.36. The number of fused-ring (bicyclic) bond motifs is 2. The maximum Gasteiger partial charge on any atom is 0.307 e. The number of aliphatic hydroxyl groups is 1. The third-order valence-corrected chi connectivity index (χ3v) is 3.79. The van der Waals surface area contributed by atoms with Gasteiger partial charge in [-0.3, -0.25) is 4.79 Å². The highest BCUT2D eigenvalue weighted by atomic mass is 16.4. The molecule has 0 amide bonds. The summed E-state index contributed by atoms with van der Waals surface area (Å²) in [5.41, 5.74) is -0.255. The molecule has 0 aromatic rings. The van der Waals surface area contributed by atoms with Gasteiger partial charge in [-0.1, -0.05) is 12.2 Å². The van der Waals surface area contributed by atoms with E-state index in [1.165, 1.54) is 0 Å². The van der Waals surface area contributed by atoms with Crippen LogP contribution in [0.2, 0.25) is 0 Å². The van der Waals surface area contributed by atoms with Crippen molar-refractivity contribution < 1.29 is 15.0 Å². The Balaban J connectivity index is 2.27. The van der Waals surface area contributed by atoms with Crippen LogP contribution in [0.1, 0.15) is 25.7 Å². The van der Waals surface area contributed by atoms with E-state index in [9.17, 15) is 4.79 Å². The number of carboxylic acid groups (broad SMARTS) is 1. The molecular weight excluding hydrogens is 180 g/mol. The van der Waals surface area contributed by atoms with Crippen molar-refractivity contribution in [2.24, 2.45) is 17.3 Å². The van der Waals surface area contributed by atoms with Crippen LogP contribution in [0.3, 0.4) is 0 Å². The van der Waals surface area contributed by atoms with E-state index in [-0.39, 0.29) is 17.9 Å². The highest BCUT2D eigenvalue weighted by molar-refractivity contribution is 5.72. The number of hydrogen-bond acceptors (Lipinski definition) is 2. The van der Waals surface area contributed by atoms with E-state index in [1.54, 1.807) is 0 Å². The molecule has 1 saturated carbocycles. The first kappa shape index (κ1) is 9.71. The number of allylic oxidation sites excluding steroid dienone is 2. The highest BCUT2D eigenvalue weighted by Gasteiger charge is 2.47. The van der Waals surface area contributed by atoms with Gasteiger partial charge in [-0.15, -0.1) is 0 Å². The smallest absolute Gasteiger partial charge is 0.307 e. The number of aliphatic carboxylic acids is 1. The zero-order chi connectivity index (χ0) is 10.2. The van der Waals surface area contributed by atoms with Gasteiger partial charge >= 0.3 is 5.97 Å². The molecule has 3 aliphatic rings. The monoisotopic (exact) mass is 196 g/mol. The Morgan fingerprint density at radius 1 is 1.57 bits per heavy atom. The minimum absolute atomic E-state index is 0.0821. The summed E-state index contributed by atoms with van der Waals surface area (Å²) in [6.45, 7) is 0.0821. The molecule has 3 aliphatic carbocycles. The average molecular weight is 196 g/mol. The summed E-state index contributed by atoms with van der Waals surface area (Å²) in [6.07, 6.45) is 7.53. The highest BCUT2D eigenvalue weighted by Crippen LogP contribution is 2.51. The zero-order valence-electron chi connectivity index (χ0n) is 8.15. The van der Waals surface area contributed by atoms with Crippen LogP contribution in [-0.2, 0) is 4.79 Å². The Morgan fingerprint density at radius 3 is 2.86 bits per heavy atom. The van der Waals surface area contributed by atoms with Crippen molar-refractivity contribution in [1.82, 2.24) is 0 Å². The summed E-state index contributed by atoms with van der Waals surface area (Å²) in [4.78, 5) is 11.1. The van der Waals surface area contributed by atoms with Gasteiger partial charge in [0.15, 0.2) is 0 Å². The first-order valence-corrected chi connectivity index (χ1v) is 5.21. The largest absolute Gasteiger partial charge is 0.481 e. The van der Waals surface area contributed by atoms with Crippen molar-refractivity contribution in [2.45, 2.75) is 25.7 Å². The van der Waals surface area contributed by atoms with Crippen molar-refractivity contribution in [1.29, 1.82) is 0 Å². The van der Waals surface area contributed by atoms with Gasteiger partial charge in [-0.05, 0) is 31.6 Å². The van der Waals surface area contributed by atoms with E-state index in [0.717, 1.165) is 19.3 Å². The van der Waals surface area contributed by atoms with Crippen LogP contribution in [0.5, 0.6) is 0 Å². The van der Waals surface area contributed by atoms with Gasteiger partial charge in [-0.2, -0.15) is 0 Å². The summed E-state index contributed by atoms with van der Waals surface area (Å²) < 4.78 is 0. The molecule has 0 aromatic heterocycles. The quantitative estimate of drug-likeness (QED) is 0.671. The van der Waals surface area contributed by atoms with Crippen LogP contribution in [0, 0.1) is 17.3 Å². The fraction of sp³-hybridized carbons (Fsp3) is 0.727. The number of carbonyl (C=O) groups is 1. The predicted molar refractivity (Wildman–Crippen MR) is 51.7 cm³/mol. The Hall–Kier alpha value is -0.830. The molecule has 78 valence electrons. The Kier molecular flexibility index (Phi) is 2.35. The molecule has 14 heavy (non-hydrogen) atoms. The van der Waals surface area contributed by atoms with Crippen molar-refractivity contribution in [2.75, 3.05) is 6.61 Å². The van der Waals surface area contributed by atoms with Gasteiger partial charge in [-0.25, -0.2) is 0 Å². The Bertz CT molecular complexity index is 272. The standard InChI is InChI=1S/C11H16O3/c12-6-5-11-3-1-8(2-4-11)7-9(11)10(13)14/h1,3,8-9,12H,2,4-7H2,(H,13,14). The summed E-state index contributed by atoms with van der Waals surface area (Å²) in [5, 5.41) is 18.1. The molecule has 0 saturated heterocycles. The first-order chi connectivity index (χ1) is 6.68. The van der Waals surface area contributed by atoms with Crippen LogP contribution in [0.4, 0.5) is 0 Å². The van der Waals surface area contributed by atoms with Crippen molar-refractivity contribution in [3.63, 3.8) is 0 Å². The van der Waals surface area contributed by atoms with Crippen LogP contribution in [-0.4, -0.2) is 22.8 Å². The minimum Gasteiger partial charge on any atom is -0.481 e. The summed E-state index contributed by atoms with van der Waals surface area (Å²) in [6, 6.07) is 0. The fourth-order valence-electron chi connectivity index (χ4n) is 2.92. The molecule has 1 fully saturated rings. The third-order valence-electron chi connectivity index (χ3n) is 3.79. The van der Waals surface area contributed by atoms with Gasteiger partial charge < -0.3 is 10.2 Å². The molecule has 0 heterocycles. The lowest BCUT2D eigenvalue weighted by molar-refractivity contribution is -0.149. The van der Waals surface area contributed by atoms with E-state index >= 15 is 0 Å². The lowest BCUT2D eigenvalue weighted by Crippen LogP contribution is -2.43. The normalized spacial score (nSPS) is 40.1. The maximum absolute atomic E-state index is 11.1. The second-order valence-electron chi connectivity index (χ2n) is 4.49. The predicted octanol–water partition coefficient (Wildman–Crippen LogP) is 1.43. The summed E-state index contributed by atoms with van der Waals surface area (Å²) in [7, 11) is 0. The molecule has 2 bridgehead atoms. The first-order valence-electron chi connectivity index (χ1n) is 5.21. The number of rotatable bonds is 3. The molecule has 3 heteroatoms. The van der Waals surface area contributed by atoms with Gasteiger partial charge in [0.1, 0.15) is 0 Å². The van der Waals surface area contributed by atoms with Crippen molar-refractivity contribution >= 4 is 5.97 Å². The van der Waals surface area contributed by atoms with Crippen molar-refractivity contribution in [3.8, 4) is 0 Å². The molecule has 2 N–H and O–H groups in total. The van der Waals surface area contributed by atoms with Gasteiger partial charge in [0.25, 0.3) is 0 Å². The van der Waals surface area contributed by atoms with Gasteiger partial charge in [0.05, 0.1) is 5.92 Å². The zero-order valence-corrected chi connectivity index (χ0v) is 8.15. The molecule has 0 aliphatic heterocycles. The number of carboxylic acids is 1. The average Bonchev–Trinajstić information content (AvgIpc) is 2.19. The minimum atomic E-state index is -0.701. The fourth-order valence-corrected chi connectivity index (χ4v) is 2.92. The SMILES string of the molecule is O=C(O)C1CC2C=CC1(CCO)CC2. The van der Waals surface area contributed by atoms with E-state index < -0.39 is 5.97 Å². The van der Waals surface area contributed by atoms with Crippen LogP contribution >= 0.6 is 0 Å². The van der Waals surface area contributed by atoms with Crippen LogP contribution in [0.25, 0.3) is 0 Å². The second-order valence-corrected chi connectivity index (χ2v) is 4.49. The van der Waals surface area contributed by atoms with Crippen LogP contribution in [0.15, 0.2) is 12.2 Å². The lowest BCUT2D eigenvalue weighted by Gasteiger charge is -2.46. The topological polar surface area (TPSA) is 57.5 Å². The Labute approximate surface area is 83.4 Å². The Morgan fingerprint density at radius 2 is 2.36 bits per heavy atom. The molecular formula is C11H16O3. The van der Waals surface area contributed by atoms with E-state index in [4.69, 9.17) is 10.2 Å². The van der Waals surface area contributed by atoms with E-state index in [0.29, 0.717) is 12.3 Å². The lowest BCUT2D eigenvalue weighted by atomic mass is 9.58. The van der Waals surface area contributed by atoms with Crippen molar-refractivity contribution in [3.05, 3.63) is 12.2 Å². The van der Waals surface area contributed by atoms with E-state index in [1.807, 2.05) is 6.08 Å². The van der Waals surface area contributed by atoms with Gasteiger partial charge in [0.2, 0.25) is 0 Å². The molecule has 0 radical (unpaired) electrons. The molecule has 3 rings (SSSR count). The van der Waals surface area contributed by atoms with Gasteiger partial charge in [0, 0.05) is 12.0 Å². The maximum atomic E-state index is 11.1. The number of aliphatic hydroxyl groups excluding tert-OH is 1. The summed E-state index contributed by atoms with van der Waals surface area (Å²) >= 11 is 0. The summed E-state index contributed by atoms with van der Waals surface area (Å²) in [5.74, 6) is -0.525. The molecule has 0 aromatic carbocycles. The molecule has 3 atom stereocenters. The second kappa shape index (κ2) is 3.39. The van der Waals surface area contributed by atoms with E-state index in [2.05, 4.69) is 6.08 Å².